The third-order valence-electron chi connectivity index (χ3n) is 2.24. The van der Waals surface area contributed by atoms with E-state index in [1.807, 2.05) is 13.8 Å². The second-order valence-electron chi connectivity index (χ2n) is 3.54. The lowest BCUT2D eigenvalue weighted by Gasteiger charge is -2.29. The fraction of sp³-hybridized carbons (Fsp3) is 0.800. The van der Waals surface area contributed by atoms with Crippen molar-refractivity contribution in [3.63, 3.8) is 0 Å². The molecule has 1 unspecified atom stereocenters. The normalized spacial score (nSPS) is 12.7. The number of hydrogen-bond donors (Lipinski definition) is 0. The predicted molar refractivity (Wildman–Crippen MR) is 55.3 cm³/mol. The SMILES string of the molecule is COC(=O)CN(C(C)C)C(C)C(=O)OC. The van der Waals surface area contributed by atoms with Crippen molar-refractivity contribution in [2.24, 2.45) is 0 Å². The largest absolute Gasteiger partial charge is 0.468 e. The first-order valence-electron chi connectivity index (χ1n) is 4.84. The number of methoxy groups -OCH3 is 2. The van der Waals surface area contributed by atoms with Crippen LogP contribution in [0.25, 0.3) is 0 Å². The van der Waals surface area contributed by atoms with E-state index in [0.29, 0.717) is 0 Å². The molecule has 0 heterocycles. The van der Waals surface area contributed by atoms with Crippen LogP contribution in [0.5, 0.6) is 0 Å². The van der Waals surface area contributed by atoms with E-state index in [-0.39, 0.29) is 24.5 Å². The van der Waals surface area contributed by atoms with Crippen LogP contribution in [-0.2, 0) is 19.1 Å². The summed E-state index contributed by atoms with van der Waals surface area (Å²) in [4.78, 5) is 24.2. The van der Waals surface area contributed by atoms with Crippen LogP contribution in [0.3, 0.4) is 0 Å². The predicted octanol–water partition coefficient (Wildman–Crippen LogP) is 0.431. The highest BCUT2D eigenvalue weighted by atomic mass is 16.5. The second kappa shape index (κ2) is 6.40. The molecule has 0 aliphatic carbocycles. The maximum absolute atomic E-state index is 11.3. The summed E-state index contributed by atoms with van der Waals surface area (Å²) in [6, 6.07) is -0.382. The summed E-state index contributed by atoms with van der Waals surface area (Å²) in [5.41, 5.74) is 0. The van der Waals surface area contributed by atoms with Crippen molar-refractivity contribution >= 4 is 11.9 Å². The molecule has 1 atom stereocenters. The number of rotatable bonds is 5. The number of hydrogen-bond acceptors (Lipinski definition) is 5. The number of carbonyl (C=O) groups is 2. The van der Waals surface area contributed by atoms with Crippen molar-refractivity contribution in [1.82, 2.24) is 4.90 Å². The highest BCUT2D eigenvalue weighted by Gasteiger charge is 2.26. The summed E-state index contributed by atoms with van der Waals surface area (Å²) >= 11 is 0. The minimum absolute atomic E-state index is 0.0678. The number of esters is 2. The first-order valence-corrected chi connectivity index (χ1v) is 4.84. The van der Waals surface area contributed by atoms with E-state index in [9.17, 15) is 9.59 Å². The molecule has 0 spiro atoms. The highest BCUT2D eigenvalue weighted by molar-refractivity contribution is 5.77. The van der Waals surface area contributed by atoms with Crippen LogP contribution in [0.15, 0.2) is 0 Å². The van der Waals surface area contributed by atoms with Crippen molar-refractivity contribution in [3.8, 4) is 0 Å². The Hall–Kier alpha value is -1.10. The van der Waals surface area contributed by atoms with E-state index < -0.39 is 6.04 Å². The van der Waals surface area contributed by atoms with Crippen LogP contribution in [-0.4, -0.2) is 49.7 Å². The van der Waals surface area contributed by atoms with Gasteiger partial charge in [-0.3, -0.25) is 14.5 Å². The standard InChI is InChI=1S/C10H19NO4/c1-7(2)11(6-9(12)14-4)8(3)10(13)15-5/h7-8H,6H2,1-5H3. The Morgan fingerprint density at radius 3 is 2.00 bits per heavy atom. The van der Waals surface area contributed by atoms with E-state index >= 15 is 0 Å². The van der Waals surface area contributed by atoms with E-state index in [0.717, 1.165) is 0 Å². The van der Waals surface area contributed by atoms with Gasteiger partial charge in [0, 0.05) is 6.04 Å². The van der Waals surface area contributed by atoms with Gasteiger partial charge >= 0.3 is 11.9 Å². The first kappa shape index (κ1) is 13.9. The third-order valence-corrected chi connectivity index (χ3v) is 2.24. The van der Waals surface area contributed by atoms with Gasteiger partial charge in [0.2, 0.25) is 0 Å². The van der Waals surface area contributed by atoms with Crippen LogP contribution in [0.4, 0.5) is 0 Å². The van der Waals surface area contributed by atoms with Crippen LogP contribution < -0.4 is 0 Å². The fourth-order valence-electron chi connectivity index (χ4n) is 1.29. The van der Waals surface area contributed by atoms with Gasteiger partial charge < -0.3 is 9.47 Å². The van der Waals surface area contributed by atoms with Gasteiger partial charge in [-0.05, 0) is 20.8 Å². The van der Waals surface area contributed by atoms with Crippen molar-refractivity contribution in [2.45, 2.75) is 32.9 Å². The van der Waals surface area contributed by atoms with Gasteiger partial charge in [0.1, 0.15) is 6.04 Å². The van der Waals surface area contributed by atoms with Crippen LogP contribution >= 0.6 is 0 Å². The molecule has 0 aromatic carbocycles. The van der Waals surface area contributed by atoms with E-state index in [1.54, 1.807) is 11.8 Å². The zero-order valence-electron chi connectivity index (χ0n) is 9.94. The average Bonchev–Trinajstić information content (AvgIpc) is 2.22. The molecule has 0 rings (SSSR count). The van der Waals surface area contributed by atoms with E-state index in [1.165, 1.54) is 14.2 Å². The van der Waals surface area contributed by atoms with Crippen molar-refractivity contribution < 1.29 is 19.1 Å². The smallest absolute Gasteiger partial charge is 0.322 e. The van der Waals surface area contributed by atoms with Gasteiger partial charge in [-0.15, -0.1) is 0 Å². The minimum atomic E-state index is -0.450. The van der Waals surface area contributed by atoms with Gasteiger partial charge in [0.25, 0.3) is 0 Å². The quantitative estimate of drug-likeness (QED) is 0.625. The van der Waals surface area contributed by atoms with Crippen molar-refractivity contribution in [1.29, 1.82) is 0 Å². The zero-order chi connectivity index (χ0) is 12.0. The molecular formula is C10H19NO4. The number of nitrogens with zero attached hydrogens (tertiary/aromatic N) is 1. The summed E-state index contributed by atoms with van der Waals surface area (Å²) < 4.78 is 9.19. The Balaban J connectivity index is 4.51. The maximum atomic E-state index is 11.3. The third kappa shape index (κ3) is 4.29. The molecule has 0 saturated heterocycles. The Bertz CT molecular complexity index is 227. The fourth-order valence-corrected chi connectivity index (χ4v) is 1.29. The summed E-state index contributed by atoms with van der Waals surface area (Å²) in [5, 5.41) is 0. The van der Waals surface area contributed by atoms with Crippen molar-refractivity contribution in [2.75, 3.05) is 20.8 Å². The Morgan fingerprint density at radius 2 is 1.67 bits per heavy atom. The summed E-state index contributed by atoms with van der Waals surface area (Å²) in [6.45, 7) is 5.60. The summed E-state index contributed by atoms with van der Waals surface area (Å²) in [5.74, 6) is -0.716. The molecule has 0 amide bonds. The maximum Gasteiger partial charge on any atom is 0.322 e. The molecule has 0 bridgehead atoms. The average molecular weight is 217 g/mol. The summed E-state index contributed by atoms with van der Waals surface area (Å²) in [7, 11) is 2.65. The van der Waals surface area contributed by atoms with Gasteiger partial charge in [-0.2, -0.15) is 0 Å². The first-order chi connectivity index (χ1) is 6.93. The molecule has 0 N–H and O–H groups in total. The van der Waals surface area contributed by atoms with Crippen LogP contribution in [0.1, 0.15) is 20.8 Å². The van der Waals surface area contributed by atoms with Gasteiger partial charge in [0.15, 0.2) is 0 Å². The molecule has 15 heavy (non-hydrogen) atoms. The molecule has 5 nitrogen and oxygen atoms in total. The van der Waals surface area contributed by atoms with Crippen LogP contribution in [0, 0.1) is 0 Å². The topological polar surface area (TPSA) is 55.8 Å². The minimum Gasteiger partial charge on any atom is -0.468 e. The Labute approximate surface area is 90.3 Å². The van der Waals surface area contributed by atoms with Crippen molar-refractivity contribution in [3.05, 3.63) is 0 Å². The molecular weight excluding hydrogens is 198 g/mol. The molecule has 0 fully saturated rings. The molecule has 0 saturated carbocycles. The molecule has 0 aliphatic heterocycles. The van der Waals surface area contributed by atoms with E-state index in [2.05, 4.69) is 9.47 Å². The monoisotopic (exact) mass is 217 g/mol. The molecule has 88 valence electrons. The second-order valence-corrected chi connectivity index (χ2v) is 3.54. The molecule has 5 heteroatoms. The highest BCUT2D eigenvalue weighted by Crippen LogP contribution is 2.06. The lowest BCUT2D eigenvalue weighted by molar-refractivity contribution is -0.150. The van der Waals surface area contributed by atoms with Gasteiger partial charge in [-0.25, -0.2) is 0 Å². The number of ether oxygens (including phenoxy) is 2. The lowest BCUT2D eigenvalue weighted by Crippen LogP contribution is -2.46. The van der Waals surface area contributed by atoms with E-state index in [4.69, 9.17) is 0 Å². The molecule has 0 aromatic heterocycles. The van der Waals surface area contributed by atoms with Gasteiger partial charge in [0.05, 0.1) is 20.8 Å². The molecule has 0 aromatic rings. The molecule has 0 aliphatic rings. The Kier molecular flexibility index (Phi) is 5.93. The lowest BCUT2D eigenvalue weighted by atomic mass is 10.2. The summed E-state index contributed by atoms with van der Waals surface area (Å²) in [6.07, 6.45) is 0. The molecule has 0 radical (unpaired) electrons. The zero-order valence-corrected chi connectivity index (χ0v) is 9.94. The van der Waals surface area contributed by atoms with Gasteiger partial charge in [-0.1, -0.05) is 0 Å². The Morgan fingerprint density at radius 1 is 1.13 bits per heavy atom. The number of carbonyl (C=O) groups excluding carboxylic acids is 2. The van der Waals surface area contributed by atoms with Crippen LogP contribution in [0.2, 0.25) is 0 Å².